The van der Waals surface area contributed by atoms with Crippen molar-refractivity contribution in [3.63, 3.8) is 0 Å². The van der Waals surface area contributed by atoms with Gasteiger partial charge < -0.3 is 20.7 Å². The van der Waals surface area contributed by atoms with E-state index in [4.69, 9.17) is 10.5 Å². The molecule has 0 unspecified atom stereocenters. The number of carbonyl (C=O) groups is 1. The first-order valence-electron chi connectivity index (χ1n) is 6.38. The van der Waals surface area contributed by atoms with Crippen LogP contribution in [0.3, 0.4) is 0 Å². The van der Waals surface area contributed by atoms with Crippen molar-refractivity contribution in [1.82, 2.24) is 4.90 Å². The van der Waals surface area contributed by atoms with E-state index in [0.717, 1.165) is 11.3 Å². The van der Waals surface area contributed by atoms with Crippen molar-refractivity contribution in [3.05, 3.63) is 29.8 Å². The summed E-state index contributed by atoms with van der Waals surface area (Å²) in [5, 5.41) is 3.02. The highest BCUT2D eigenvalue weighted by atomic mass is 127. The number of anilines is 1. The van der Waals surface area contributed by atoms with Crippen molar-refractivity contribution in [2.75, 3.05) is 33.1 Å². The molecule has 0 spiro atoms. The summed E-state index contributed by atoms with van der Waals surface area (Å²) in [6.45, 7) is 0.859. The van der Waals surface area contributed by atoms with Crippen LogP contribution >= 0.6 is 24.0 Å². The lowest BCUT2D eigenvalue weighted by Gasteiger charge is -2.11. The number of amides is 1. The molecule has 0 aromatic heterocycles. The predicted octanol–water partition coefficient (Wildman–Crippen LogP) is 1.66. The number of guanidine groups is 1. The van der Waals surface area contributed by atoms with Crippen molar-refractivity contribution in [3.8, 4) is 0 Å². The number of methoxy groups -OCH3 is 1. The summed E-state index contributed by atoms with van der Waals surface area (Å²) in [6, 6.07) is 7.70. The highest BCUT2D eigenvalue weighted by molar-refractivity contribution is 14.0. The molecule has 0 bridgehead atoms. The number of para-hydroxylation sites is 1. The molecule has 0 aliphatic rings. The normalized spacial score (nSPS) is 10.7. The minimum Gasteiger partial charge on any atom is -0.380 e. The van der Waals surface area contributed by atoms with Gasteiger partial charge in [0.05, 0.1) is 13.2 Å². The van der Waals surface area contributed by atoms with Crippen molar-refractivity contribution >= 4 is 41.5 Å². The summed E-state index contributed by atoms with van der Waals surface area (Å²) < 4.78 is 5.12. The first kappa shape index (κ1) is 19.7. The number of nitrogens with one attached hydrogen (secondary N) is 1. The van der Waals surface area contributed by atoms with E-state index in [0.29, 0.717) is 25.5 Å². The Bertz CT molecular complexity index is 478. The van der Waals surface area contributed by atoms with Gasteiger partial charge >= 0.3 is 0 Å². The maximum absolute atomic E-state index is 11.4. The number of halogens is 1. The van der Waals surface area contributed by atoms with Gasteiger partial charge in [-0.1, -0.05) is 18.2 Å². The average Bonchev–Trinajstić information content (AvgIpc) is 2.41. The van der Waals surface area contributed by atoms with Crippen LogP contribution in [0.15, 0.2) is 29.3 Å². The minimum absolute atomic E-state index is 0. The van der Waals surface area contributed by atoms with Gasteiger partial charge in [0.15, 0.2) is 5.96 Å². The second-order valence-corrected chi connectivity index (χ2v) is 4.52. The molecule has 7 heteroatoms. The lowest BCUT2D eigenvalue weighted by molar-refractivity contribution is -0.128. The molecule has 0 fully saturated rings. The number of carbonyl (C=O) groups excluding carboxylic acids is 1. The first-order valence-corrected chi connectivity index (χ1v) is 6.38. The number of nitrogens with two attached hydrogens (primary N) is 1. The lowest BCUT2D eigenvalue weighted by Crippen LogP contribution is -2.25. The van der Waals surface area contributed by atoms with Crippen molar-refractivity contribution in [1.29, 1.82) is 0 Å². The molecule has 0 saturated heterocycles. The van der Waals surface area contributed by atoms with Crippen LogP contribution in [0.4, 0.5) is 5.69 Å². The molecule has 0 atom stereocenters. The number of benzene rings is 1. The molecule has 0 heterocycles. The number of hydrogen-bond donors (Lipinski definition) is 2. The van der Waals surface area contributed by atoms with E-state index in [1.54, 1.807) is 21.2 Å². The highest BCUT2D eigenvalue weighted by Crippen LogP contribution is 2.15. The van der Waals surface area contributed by atoms with Gasteiger partial charge in [-0.15, -0.1) is 24.0 Å². The summed E-state index contributed by atoms with van der Waals surface area (Å²) >= 11 is 0. The maximum atomic E-state index is 11.4. The second kappa shape index (κ2) is 10.4. The third kappa shape index (κ3) is 7.28. The van der Waals surface area contributed by atoms with Gasteiger partial charge in [-0.05, 0) is 6.07 Å². The molecule has 1 aromatic rings. The van der Waals surface area contributed by atoms with Gasteiger partial charge in [-0.2, -0.15) is 0 Å². The number of ether oxygens (including phenoxy) is 1. The number of hydrogen-bond acceptors (Lipinski definition) is 3. The zero-order valence-corrected chi connectivity index (χ0v) is 15.0. The van der Waals surface area contributed by atoms with Gasteiger partial charge in [-0.3, -0.25) is 9.79 Å². The molecule has 1 amide bonds. The number of rotatable bonds is 6. The zero-order valence-electron chi connectivity index (χ0n) is 12.6. The van der Waals surface area contributed by atoms with Crippen molar-refractivity contribution in [2.45, 2.75) is 13.0 Å². The Kier molecular flexibility index (Phi) is 9.72. The molecule has 1 rings (SSSR count). The van der Waals surface area contributed by atoms with Crippen LogP contribution in [0.25, 0.3) is 0 Å². The molecule has 0 aliphatic heterocycles. The van der Waals surface area contributed by atoms with Crippen LogP contribution in [-0.2, 0) is 16.1 Å². The Labute approximate surface area is 142 Å². The lowest BCUT2D eigenvalue weighted by atomic mass is 10.2. The summed E-state index contributed by atoms with van der Waals surface area (Å²) in [6.07, 6.45) is 0.342. The van der Waals surface area contributed by atoms with Crippen LogP contribution in [0.2, 0.25) is 0 Å². The van der Waals surface area contributed by atoms with Crippen molar-refractivity contribution in [2.24, 2.45) is 10.7 Å². The van der Waals surface area contributed by atoms with Crippen LogP contribution in [0.1, 0.15) is 12.0 Å². The SMILES string of the molecule is COCc1ccccc1NC(N)=NCCC(=O)N(C)C.I. The summed E-state index contributed by atoms with van der Waals surface area (Å²) in [5.74, 6) is 0.321. The molecule has 0 saturated carbocycles. The highest BCUT2D eigenvalue weighted by Gasteiger charge is 2.04. The van der Waals surface area contributed by atoms with Gasteiger partial charge in [0.2, 0.25) is 5.91 Å². The monoisotopic (exact) mass is 406 g/mol. The number of nitrogens with zero attached hydrogens (tertiary/aromatic N) is 2. The quantitative estimate of drug-likeness (QED) is 0.428. The van der Waals surface area contributed by atoms with E-state index >= 15 is 0 Å². The third-order valence-electron chi connectivity index (χ3n) is 2.69. The van der Waals surface area contributed by atoms with Gasteiger partial charge in [0.25, 0.3) is 0 Å². The minimum atomic E-state index is 0. The van der Waals surface area contributed by atoms with E-state index in [2.05, 4.69) is 10.3 Å². The Balaban J connectivity index is 0.00000400. The molecule has 118 valence electrons. The zero-order chi connectivity index (χ0) is 15.0. The average molecular weight is 406 g/mol. The molecule has 1 aromatic carbocycles. The molecule has 21 heavy (non-hydrogen) atoms. The number of aliphatic imine (C=N–C) groups is 1. The van der Waals surface area contributed by atoms with Gasteiger partial charge in [-0.25, -0.2) is 0 Å². The van der Waals surface area contributed by atoms with E-state index < -0.39 is 0 Å². The Hall–Kier alpha value is -1.35. The fraction of sp³-hybridized carbons (Fsp3) is 0.429. The summed E-state index contributed by atoms with van der Waals surface area (Å²) in [5.41, 5.74) is 7.66. The smallest absolute Gasteiger partial charge is 0.223 e. The molecule has 3 N–H and O–H groups in total. The predicted molar refractivity (Wildman–Crippen MR) is 96.0 cm³/mol. The summed E-state index contributed by atoms with van der Waals surface area (Å²) in [4.78, 5) is 17.1. The van der Waals surface area contributed by atoms with E-state index in [1.165, 1.54) is 4.90 Å². The van der Waals surface area contributed by atoms with E-state index in [9.17, 15) is 4.79 Å². The molecular formula is C14H23IN4O2. The molecule has 0 aliphatic carbocycles. The van der Waals surface area contributed by atoms with E-state index in [-0.39, 0.29) is 29.9 Å². The standard InChI is InChI=1S/C14H22N4O2.HI/c1-18(2)13(19)8-9-16-14(15)17-12-7-5-4-6-11(12)10-20-3;/h4-7H,8-10H2,1-3H3,(H3,15,16,17);1H. The van der Waals surface area contributed by atoms with Gasteiger partial charge in [0.1, 0.15) is 0 Å². The Morgan fingerprint density at radius 1 is 1.38 bits per heavy atom. The molecular weight excluding hydrogens is 383 g/mol. The van der Waals surface area contributed by atoms with Crippen LogP contribution in [0.5, 0.6) is 0 Å². The van der Waals surface area contributed by atoms with Crippen LogP contribution in [-0.4, -0.2) is 44.5 Å². The van der Waals surface area contributed by atoms with Crippen molar-refractivity contribution < 1.29 is 9.53 Å². The molecule has 0 radical (unpaired) electrons. The largest absolute Gasteiger partial charge is 0.380 e. The topological polar surface area (TPSA) is 80.0 Å². The summed E-state index contributed by atoms with van der Waals surface area (Å²) in [7, 11) is 5.07. The fourth-order valence-corrected chi connectivity index (χ4v) is 1.60. The fourth-order valence-electron chi connectivity index (χ4n) is 1.60. The second-order valence-electron chi connectivity index (χ2n) is 4.52. The Morgan fingerprint density at radius 3 is 2.67 bits per heavy atom. The maximum Gasteiger partial charge on any atom is 0.223 e. The third-order valence-corrected chi connectivity index (χ3v) is 2.69. The van der Waals surface area contributed by atoms with Gasteiger partial charge in [0, 0.05) is 38.9 Å². The van der Waals surface area contributed by atoms with Crippen LogP contribution in [0, 0.1) is 0 Å². The van der Waals surface area contributed by atoms with E-state index in [1.807, 2.05) is 24.3 Å². The first-order chi connectivity index (χ1) is 9.54. The van der Waals surface area contributed by atoms with Crippen LogP contribution < -0.4 is 11.1 Å². The Morgan fingerprint density at radius 2 is 2.05 bits per heavy atom. The molecule has 6 nitrogen and oxygen atoms in total.